The smallest absolute Gasteiger partial charge is 0.410 e. The Kier molecular flexibility index (Phi) is 6.51. The van der Waals surface area contributed by atoms with Crippen LogP contribution in [0.15, 0.2) is 17.9 Å². The molecule has 3 rings (SSSR count). The number of amides is 1. The Hall–Kier alpha value is -2.34. The average Bonchev–Trinajstić information content (AvgIpc) is 3.25. The van der Waals surface area contributed by atoms with Crippen LogP contribution in [-0.2, 0) is 14.3 Å². The van der Waals surface area contributed by atoms with Gasteiger partial charge in [0.15, 0.2) is 5.78 Å². The number of ketones is 1. The van der Waals surface area contributed by atoms with E-state index in [9.17, 15) is 14.7 Å². The van der Waals surface area contributed by atoms with Crippen LogP contribution in [0.1, 0.15) is 55.9 Å². The largest absolute Gasteiger partial charge is 0.500 e. The number of rotatable bonds is 4. The highest BCUT2D eigenvalue weighted by atomic mass is 16.6. The second-order valence-corrected chi connectivity index (χ2v) is 9.92. The third-order valence-electron chi connectivity index (χ3n) is 6.21. The van der Waals surface area contributed by atoms with E-state index in [1.54, 1.807) is 12.0 Å². The lowest BCUT2D eigenvalue weighted by Gasteiger charge is -2.26. The van der Waals surface area contributed by atoms with Gasteiger partial charge in [0.05, 0.1) is 24.7 Å². The fourth-order valence-electron chi connectivity index (χ4n) is 4.90. The molecule has 1 aliphatic carbocycles. The summed E-state index contributed by atoms with van der Waals surface area (Å²) in [6.45, 7) is 12.4. The number of methoxy groups -OCH3 is 1. The first kappa shape index (κ1) is 23.3. The van der Waals surface area contributed by atoms with E-state index < -0.39 is 17.6 Å². The number of aliphatic hydroxyl groups is 1. The molecular weight excluding hydrogens is 394 g/mol. The fourth-order valence-corrected chi connectivity index (χ4v) is 4.90. The fraction of sp³-hybridized carbons (Fsp3) is 0.600. The van der Waals surface area contributed by atoms with Crippen LogP contribution in [0.25, 0.3) is 5.57 Å². The first-order valence-electron chi connectivity index (χ1n) is 11.0. The van der Waals surface area contributed by atoms with Crippen LogP contribution in [0.4, 0.5) is 4.79 Å². The molecule has 0 aromatic heterocycles. The standard InChI is InChI=1S/C25H35NO5/c1-14-10-15(2)20(16(3)11-14)21-19(30-7)12-18(23(21)28)22(27)17-8-9-26(13-17)24(29)31-25(4,5)6/h10-11,17-18,22,27H,8-9,12-13H2,1-7H3. The number of hydrogen-bond donors (Lipinski definition) is 1. The lowest BCUT2D eigenvalue weighted by molar-refractivity contribution is -0.121. The van der Waals surface area contributed by atoms with Gasteiger partial charge in [-0.2, -0.15) is 0 Å². The molecule has 1 aliphatic heterocycles. The Bertz CT molecular complexity index is 888. The van der Waals surface area contributed by atoms with Crippen LogP contribution >= 0.6 is 0 Å². The van der Waals surface area contributed by atoms with Crippen molar-refractivity contribution >= 4 is 17.4 Å². The van der Waals surface area contributed by atoms with E-state index in [1.165, 1.54) is 0 Å². The molecule has 2 aliphatic rings. The summed E-state index contributed by atoms with van der Waals surface area (Å²) in [5, 5.41) is 11.1. The number of aliphatic hydroxyl groups excluding tert-OH is 1. The Morgan fingerprint density at radius 1 is 1.19 bits per heavy atom. The summed E-state index contributed by atoms with van der Waals surface area (Å²) >= 11 is 0. The number of allylic oxidation sites excluding steroid dienone is 2. The molecule has 0 bridgehead atoms. The van der Waals surface area contributed by atoms with Crippen molar-refractivity contribution in [3.8, 4) is 0 Å². The zero-order valence-corrected chi connectivity index (χ0v) is 19.7. The van der Waals surface area contributed by atoms with E-state index in [1.807, 2.05) is 41.5 Å². The van der Waals surface area contributed by atoms with Crippen LogP contribution < -0.4 is 0 Å². The van der Waals surface area contributed by atoms with Gasteiger partial charge in [-0.3, -0.25) is 4.79 Å². The van der Waals surface area contributed by atoms with E-state index in [4.69, 9.17) is 9.47 Å². The number of benzene rings is 1. The van der Waals surface area contributed by atoms with Crippen molar-refractivity contribution < 1.29 is 24.2 Å². The summed E-state index contributed by atoms with van der Waals surface area (Å²) < 4.78 is 11.1. The SMILES string of the molecule is COC1=C(c2c(C)cc(C)cc2C)C(=O)C(C(O)C2CCN(C(=O)OC(C)(C)C)C2)C1. The van der Waals surface area contributed by atoms with Crippen molar-refractivity contribution in [3.63, 3.8) is 0 Å². The Morgan fingerprint density at radius 2 is 1.81 bits per heavy atom. The topological polar surface area (TPSA) is 76.1 Å². The summed E-state index contributed by atoms with van der Waals surface area (Å²) in [5.41, 5.74) is 4.14. The molecule has 1 fully saturated rings. The molecule has 6 heteroatoms. The molecule has 1 aromatic carbocycles. The highest BCUT2D eigenvalue weighted by Gasteiger charge is 2.44. The van der Waals surface area contributed by atoms with E-state index in [0.29, 0.717) is 37.3 Å². The Balaban J connectivity index is 1.77. The number of nitrogens with zero attached hydrogens (tertiary/aromatic N) is 1. The molecule has 170 valence electrons. The summed E-state index contributed by atoms with van der Waals surface area (Å²) in [5.74, 6) is -0.172. The van der Waals surface area contributed by atoms with E-state index >= 15 is 0 Å². The number of carbonyl (C=O) groups excluding carboxylic acids is 2. The first-order valence-corrected chi connectivity index (χ1v) is 11.0. The molecule has 1 amide bonds. The third-order valence-corrected chi connectivity index (χ3v) is 6.21. The van der Waals surface area contributed by atoms with Crippen molar-refractivity contribution in [1.82, 2.24) is 4.90 Å². The molecule has 3 unspecified atom stereocenters. The third kappa shape index (κ3) is 4.79. The number of hydrogen-bond acceptors (Lipinski definition) is 5. The summed E-state index contributed by atoms with van der Waals surface area (Å²) in [7, 11) is 1.58. The molecule has 0 radical (unpaired) electrons. The quantitative estimate of drug-likeness (QED) is 0.777. The molecular formula is C25H35NO5. The first-order chi connectivity index (χ1) is 14.4. The number of Topliss-reactive ketones (excluding diaryl/α,β-unsaturated/α-hetero) is 1. The van der Waals surface area contributed by atoms with Gasteiger partial charge >= 0.3 is 6.09 Å². The molecule has 31 heavy (non-hydrogen) atoms. The van der Waals surface area contributed by atoms with Gasteiger partial charge in [0.1, 0.15) is 11.4 Å². The van der Waals surface area contributed by atoms with Crippen LogP contribution in [-0.4, -0.2) is 53.8 Å². The molecule has 1 heterocycles. The lowest BCUT2D eigenvalue weighted by Crippen LogP contribution is -2.38. The maximum absolute atomic E-state index is 13.5. The average molecular weight is 430 g/mol. The highest BCUT2D eigenvalue weighted by Crippen LogP contribution is 2.42. The van der Waals surface area contributed by atoms with Gasteiger partial charge in [-0.15, -0.1) is 0 Å². The Morgan fingerprint density at radius 3 is 2.35 bits per heavy atom. The van der Waals surface area contributed by atoms with Crippen molar-refractivity contribution in [1.29, 1.82) is 0 Å². The van der Waals surface area contributed by atoms with Crippen LogP contribution in [0.2, 0.25) is 0 Å². The minimum absolute atomic E-state index is 0.0740. The zero-order chi connectivity index (χ0) is 23.1. The van der Waals surface area contributed by atoms with Crippen LogP contribution in [0, 0.1) is 32.6 Å². The lowest BCUT2D eigenvalue weighted by atomic mass is 9.85. The molecule has 6 nitrogen and oxygen atoms in total. The summed E-state index contributed by atoms with van der Waals surface area (Å²) in [6, 6.07) is 4.13. The number of ether oxygens (including phenoxy) is 2. The molecule has 0 spiro atoms. The monoisotopic (exact) mass is 429 g/mol. The van der Waals surface area contributed by atoms with Crippen LogP contribution in [0.3, 0.4) is 0 Å². The predicted octanol–water partition coefficient (Wildman–Crippen LogP) is 4.18. The van der Waals surface area contributed by atoms with Crippen molar-refractivity contribution in [3.05, 3.63) is 40.1 Å². The van der Waals surface area contributed by atoms with Crippen molar-refractivity contribution in [2.45, 2.75) is 66.1 Å². The summed E-state index contributed by atoms with van der Waals surface area (Å²) in [6.07, 6.45) is -0.192. The van der Waals surface area contributed by atoms with Gasteiger partial charge in [-0.05, 0) is 64.7 Å². The second-order valence-electron chi connectivity index (χ2n) is 9.92. The molecule has 1 N–H and O–H groups in total. The van der Waals surface area contributed by atoms with Crippen molar-refractivity contribution in [2.24, 2.45) is 11.8 Å². The van der Waals surface area contributed by atoms with Gasteiger partial charge in [0, 0.05) is 25.4 Å². The number of likely N-dealkylation sites (tertiary alicyclic amines) is 1. The molecule has 0 saturated carbocycles. The minimum atomic E-state index is -0.839. The molecule has 1 aromatic rings. The highest BCUT2D eigenvalue weighted by molar-refractivity contribution is 6.25. The van der Waals surface area contributed by atoms with Crippen LogP contribution in [0.5, 0.6) is 0 Å². The maximum Gasteiger partial charge on any atom is 0.410 e. The minimum Gasteiger partial charge on any atom is -0.500 e. The Labute approximate surface area is 185 Å². The molecule has 1 saturated heterocycles. The van der Waals surface area contributed by atoms with Gasteiger partial charge in [-0.25, -0.2) is 4.79 Å². The zero-order valence-electron chi connectivity index (χ0n) is 19.7. The molecule has 3 atom stereocenters. The second kappa shape index (κ2) is 8.65. The van der Waals surface area contributed by atoms with E-state index in [-0.39, 0.29) is 17.8 Å². The van der Waals surface area contributed by atoms with Gasteiger partial charge in [0.25, 0.3) is 0 Å². The number of aryl methyl sites for hydroxylation is 3. The van der Waals surface area contributed by atoms with E-state index in [0.717, 1.165) is 22.3 Å². The van der Waals surface area contributed by atoms with Crippen molar-refractivity contribution in [2.75, 3.05) is 20.2 Å². The number of carbonyl (C=O) groups is 2. The predicted molar refractivity (Wildman–Crippen MR) is 120 cm³/mol. The summed E-state index contributed by atoms with van der Waals surface area (Å²) in [4.78, 5) is 27.5. The van der Waals surface area contributed by atoms with Gasteiger partial charge in [-0.1, -0.05) is 17.7 Å². The normalized spacial score (nSPS) is 22.8. The van der Waals surface area contributed by atoms with Gasteiger partial charge in [0.2, 0.25) is 0 Å². The van der Waals surface area contributed by atoms with E-state index in [2.05, 4.69) is 12.1 Å². The maximum atomic E-state index is 13.5. The van der Waals surface area contributed by atoms with Gasteiger partial charge < -0.3 is 19.5 Å².